The molecule has 0 saturated heterocycles. The smallest absolute Gasteiger partial charge is 0.102 e. The van der Waals surface area contributed by atoms with Crippen LogP contribution in [0.2, 0.25) is 0 Å². The first-order valence-corrected chi connectivity index (χ1v) is 9.19. The fourth-order valence-electron chi connectivity index (χ4n) is 4.03. The van der Waals surface area contributed by atoms with Crippen LogP contribution in [0.3, 0.4) is 0 Å². The Morgan fingerprint density at radius 3 is 2.79 bits per heavy atom. The van der Waals surface area contributed by atoms with Crippen molar-refractivity contribution in [1.82, 2.24) is 10.3 Å². The molecule has 0 amide bonds. The predicted molar refractivity (Wildman–Crippen MR) is 95.7 cm³/mol. The van der Waals surface area contributed by atoms with Crippen molar-refractivity contribution in [3.63, 3.8) is 0 Å². The van der Waals surface area contributed by atoms with Crippen LogP contribution in [0.25, 0.3) is 0 Å². The molecule has 0 spiro atoms. The molecule has 1 aromatic carbocycles. The van der Waals surface area contributed by atoms with Crippen molar-refractivity contribution in [2.75, 3.05) is 6.54 Å². The SMILES string of the molecule is OC1(CNC(Cc2ccccn2)C2CC2)CCCc2ccccc21. The molecule has 2 unspecified atom stereocenters. The monoisotopic (exact) mass is 322 g/mol. The average molecular weight is 322 g/mol. The van der Waals surface area contributed by atoms with Crippen LogP contribution in [0.4, 0.5) is 0 Å². The summed E-state index contributed by atoms with van der Waals surface area (Å²) in [5, 5.41) is 15.0. The molecular weight excluding hydrogens is 296 g/mol. The van der Waals surface area contributed by atoms with Crippen LogP contribution in [0.15, 0.2) is 48.7 Å². The number of rotatable bonds is 6. The van der Waals surface area contributed by atoms with E-state index in [4.69, 9.17) is 0 Å². The minimum absolute atomic E-state index is 0.415. The topological polar surface area (TPSA) is 45.1 Å². The molecule has 0 aliphatic heterocycles. The Bertz CT molecular complexity index is 683. The number of fused-ring (bicyclic) bond motifs is 1. The Morgan fingerprint density at radius 1 is 1.17 bits per heavy atom. The van der Waals surface area contributed by atoms with Gasteiger partial charge in [-0.2, -0.15) is 0 Å². The molecule has 2 N–H and O–H groups in total. The zero-order valence-corrected chi connectivity index (χ0v) is 14.1. The lowest BCUT2D eigenvalue weighted by molar-refractivity contribution is 0.0159. The third-order valence-electron chi connectivity index (χ3n) is 5.56. The van der Waals surface area contributed by atoms with E-state index < -0.39 is 5.60 Å². The van der Waals surface area contributed by atoms with E-state index in [0.29, 0.717) is 12.6 Å². The highest BCUT2D eigenvalue weighted by atomic mass is 16.3. The predicted octanol–water partition coefficient (Wildman–Crippen LogP) is 3.22. The normalized spacial score (nSPS) is 24.4. The molecule has 2 aromatic rings. The number of benzene rings is 1. The van der Waals surface area contributed by atoms with E-state index in [9.17, 15) is 5.11 Å². The Morgan fingerprint density at radius 2 is 2.00 bits per heavy atom. The van der Waals surface area contributed by atoms with Crippen molar-refractivity contribution in [2.24, 2.45) is 5.92 Å². The Balaban J connectivity index is 1.46. The molecule has 1 fully saturated rings. The summed E-state index contributed by atoms with van der Waals surface area (Å²) in [5.41, 5.74) is 2.83. The summed E-state index contributed by atoms with van der Waals surface area (Å²) in [6.45, 7) is 0.637. The first-order valence-electron chi connectivity index (χ1n) is 9.19. The summed E-state index contributed by atoms with van der Waals surface area (Å²) in [6.07, 6.45) is 8.38. The molecule has 2 aliphatic carbocycles. The van der Waals surface area contributed by atoms with Gasteiger partial charge in [0.15, 0.2) is 0 Å². The van der Waals surface area contributed by atoms with Crippen molar-refractivity contribution >= 4 is 0 Å². The molecule has 1 aromatic heterocycles. The molecule has 1 heterocycles. The van der Waals surface area contributed by atoms with Crippen LogP contribution >= 0.6 is 0 Å². The lowest BCUT2D eigenvalue weighted by atomic mass is 9.79. The maximum absolute atomic E-state index is 11.3. The van der Waals surface area contributed by atoms with E-state index in [0.717, 1.165) is 42.9 Å². The number of aliphatic hydroxyl groups is 1. The van der Waals surface area contributed by atoms with Crippen molar-refractivity contribution in [2.45, 2.75) is 50.2 Å². The summed E-state index contributed by atoms with van der Waals surface area (Å²) in [7, 11) is 0. The van der Waals surface area contributed by atoms with E-state index in [1.165, 1.54) is 18.4 Å². The number of pyridine rings is 1. The summed E-state index contributed by atoms with van der Waals surface area (Å²) < 4.78 is 0. The summed E-state index contributed by atoms with van der Waals surface area (Å²) in [5.74, 6) is 0.731. The summed E-state index contributed by atoms with van der Waals surface area (Å²) in [6, 6.07) is 14.9. The van der Waals surface area contributed by atoms with Crippen LogP contribution in [0.1, 0.15) is 42.5 Å². The van der Waals surface area contributed by atoms with Gasteiger partial charge in [0.25, 0.3) is 0 Å². The van der Waals surface area contributed by atoms with Crippen molar-refractivity contribution in [3.05, 3.63) is 65.5 Å². The Hall–Kier alpha value is -1.71. The van der Waals surface area contributed by atoms with Gasteiger partial charge >= 0.3 is 0 Å². The average Bonchev–Trinajstić information content (AvgIpc) is 3.45. The van der Waals surface area contributed by atoms with Gasteiger partial charge in [-0.05, 0) is 61.3 Å². The van der Waals surface area contributed by atoms with Crippen LogP contribution in [-0.2, 0) is 18.4 Å². The van der Waals surface area contributed by atoms with E-state index in [2.05, 4.69) is 40.6 Å². The number of nitrogens with one attached hydrogen (secondary N) is 1. The van der Waals surface area contributed by atoms with Crippen LogP contribution in [0.5, 0.6) is 0 Å². The second-order valence-electron chi connectivity index (χ2n) is 7.39. The van der Waals surface area contributed by atoms with Gasteiger partial charge in [-0.3, -0.25) is 4.98 Å². The van der Waals surface area contributed by atoms with E-state index in [1.54, 1.807) is 0 Å². The quantitative estimate of drug-likeness (QED) is 0.858. The maximum Gasteiger partial charge on any atom is 0.102 e. The maximum atomic E-state index is 11.3. The third-order valence-corrected chi connectivity index (χ3v) is 5.56. The van der Waals surface area contributed by atoms with Gasteiger partial charge in [-0.1, -0.05) is 30.3 Å². The Labute approximate surface area is 144 Å². The van der Waals surface area contributed by atoms with E-state index >= 15 is 0 Å². The highest BCUT2D eigenvalue weighted by Gasteiger charge is 2.37. The third kappa shape index (κ3) is 3.38. The lowest BCUT2D eigenvalue weighted by Crippen LogP contribution is -2.46. The zero-order valence-electron chi connectivity index (χ0n) is 14.1. The van der Waals surface area contributed by atoms with Crippen molar-refractivity contribution < 1.29 is 5.11 Å². The largest absolute Gasteiger partial charge is 0.384 e. The van der Waals surface area contributed by atoms with Gasteiger partial charge in [0.2, 0.25) is 0 Å². The van der Waals surface area contributed by atoms with Gasteiger partial charge in [0, 0.05) is 30.9 Å². The zero-order chi connectivity index (χ0) is 16.4. The minimum atomic E-state index is -0.730. The number of aryl methyl sites for hydroxylation is 1. The highest BCUT2D eigenvalue weighted by molar-refractivity contribution is 5.35. The summed E-state index contributed by atoms with van der Waals surface area (Å²) in [4.78, 5) is 4.47. The van der Waals surface area contributed by atoms with Gasteiger partial charge in [-0.25, -0.2) is 0 Å². The van der Waals surface area contributed by atoms with Gasteiger partial charge < -0.3 is 10.4 Å². The van der Waals surface area contributed by atoms with Gasteiger partial charge in [-0.15, -0.1) is 0 Å². The Kier molecular flexibility index (Phi) is 4.38. The minimum Gasteiger partial charge on any atom is -0.384 e. The second kappa shape index (κ2) is 6.66. The fourth-order valence-corrected chi connectivity index (χ4v) is 4.03. The molecule has 1 saturated carbocycles. The number of nitrogens with zero attached hydrogens (tertiary/aromatic N) is 1. The molecule has 0 radical (unpaired) electrons. The highest BCUT2D eigenvalue weighted by Crippen LogP contribution is 2.37. The van der Waals surface area contributed by atoms with E-state index in [-0.39, 0.29) is 0 Å². The molecule has 2 atom stereocenters. The fraction of sp³-hybridized carbons (Fsp3) is 0.476. The molecule has 4 rings (SSSR count). The molecule has 24 heavy (non-hydrogen) atoms. The van der Waals surface area contributed by atoms with Gasteiger partial charge in [0.05, 0.1) is 0 Å². The molecule has 3 heteroatoms. The number of aromatic nitrogens is 1. The van der Waals surface area contributed by atoms with Crippen molar-refractivity contribution in [3.8, 4) is 0 Å². The first kappa shape index (κ1) is 15.8. The van der Waals surface area contributed by atoms with Crippen LogP contribution in [0, 0.1) is 5.92 Å². The standard InChI is InChI=1S/C21H26N2O/c24-21(12-5-7-16-6-1-2-9-19(16)21)15-23-20(17-10-11-17)14-18-8-3-4-13-22-18/h1-4,6,8-9,13,17,20,23-24H,5,7,10-12,14-15H2. The van der Waals surface area contributed by atoms with E-state index in [1.807, 2.05) is 18.3 Å². The first-order chi connectivity index (χ1) is 11.7. The molecule has 0 bridgehead atoms. The van der Waals surface area contributed by atoms with Gasteiger partial charge in [0.1, 0.15) is 5.60 Å². The molecule has 2 aliphatic rings. The van der Waals surface area contributed by atoms with Crippen LogP contribution < -0.4 is 5.32 Å². The molecular formula is C21H26N2O. The summed E-state index contributed by atoms with van der Waals surface area (Å²) >= 11 is 0. The number of hydrogen-bond donors (Lipinski definition) is 2. The second-order valence-corrected chi connectivity index (χ2v) is 7.39. The van der Waals surface area contributed by atoms with Crippen molar-refractivity contribution in [1.29, 1.82) is 0 Å². The van der Waals surface area contributed by atoms with Crippen LogP contribution in [-0.4, -0.2) is 22.7 Å². The molecule has 126 valence electrons. The number of hydrogen-bond acceptors (Lipinski definition) is 3. The lowest BCUT2D eigenvalue weighted by Gasteiger charge is -2.36. The molecule has 3 nitrogen and oxygen atoms in total.